The van der Waals surface area contributed by atoms with Crippen LogP contribution < -0.4 is 4.74 Å². The zero-order chi connectivity index (χ0) is 12.3. The molecule has 1 aliphatic heterocycles. The van der Waals surface area contributed by atoms with Crippen LogP contribution >= 0.6 is 11.6 Å². The minimum absolute atomic E-state index is 0.654. The lowest BCUT2D eigenvalue weighted by atomic mass is 9.99. The van der Waals surface area contributed by atoms with Gasteiger partial charge in [0, 0.05) is 13.1 Å². The number of amides is 1. The third-order valence-electron chi connectivity index (χ3n) is 2.91. The molecule has 0 bridgehead atoms. The SMILES string of the molecule is COc1ccc(C2=CCN(C=O)CC2)c(Cl)c1. The van der Waals surface area contributed by atoms with E-state index in [2.05, 4.69) is 0 Å². The van der Waals surface area contributed by atoms with Gasteiger partial charge in [-0.1, -0.05) is 17.7 Å². The number of hydrogen-bond donors (Lipinski definition) is 0. The first-order valence-corrected chi connectivity index (χ1v) is 5.84. The average Bonchev–Trinajstić information content (AvgIpc) is 2.39. The highest BCUT2D eigenvalue weighted by Crippen LogP contribution is 2.31. The summed E-state index contributed by atoms with van der Waals surface area (Å²) >= 11 is 6.21. The number of methoxy groups -OCH3 is 1. The van der Waals surface area contributed by atoms with Crippen LogP contribution in [0.1, 0.15) is 12.0 Å². The second-order valence-electron chi connectivity index (χ2n) is 3.93. The fourth-order valence-corrected chi connectivity index (χ4v) is 2.20. The molecule has 0 atom stereocenters. The molecule has 0 aromatic heterocycles. The Labute approximate surface area is 106 Å². The molecule has 0 spiro atoms. The third kappa shape index (κ3) is 2.61. The van der Waals surface area contributed by atoms with E-state index in [1.165, 1.54) is 5.57 Å². The van der Waals surface area contributed by atoms with Crippen molar-refractivity contribution in [3.05, 3.63) is 34.9 Å². The summed E-state index contributed by atoms with van der Waals surface area (Å²) < 4.78 is 5.11. The number of ether oxygens (including phenoxy) is 1. The van der Waals surface area contributed by atoms with E-state index in [1.54, 1.807) is 12.0 Å². The van der Waals surface area contributed by atoms with Crippen molar-refractivity contribution < 1.29 is 9.53 Å². The van der Waals surface area contributed by atoms with Crippen LogP contribution in [0.5, 0.6) is 5.75 Å². The summed E-state index contributed by atoms with van der Waals surface area (Å²) in [5.41, 5.74) is 2.22. The standard InChI is InChI=1S/C13H14ClNO2/c1-17-11-2-3-12(13(14)8-11)10-4-6-15(9-16)7-5-10/h2-4,8-9H,5-7H2,1H3. The van der Waals surface area contributed by atoms with E-state index in [1.807, 2.05) is 24.3 Å². The van der Waals surface area contributed by atoms with Gasteiger partial charge in [0.25, 0.3) is 0 Å². The van der Waals surface area contributed by atoms with Crippen molar-refractivity contribution in [2.24, 2.45) is 0 Å². The van der Waals surface area contributed by atoms with Crippen molar-refractivity contribution in [1.82, 2.24) is 4.90 Å². The maximum Gasteiger partial charge on any atom is 0.209 e. The Kier molecular flexibility index (Phi) is 3.69. The largest absolute Gasteiger partial charge is 0.497 e. The average molecular weight is 252 g/mol. The van der Waals surface area contributed by atoms with Crippen LogP contribution in [0.4, 0.5) is 0 Å². The van der Waals surface area contributed by atoms with Crippen molar-refractivity contribution >= 4 is 23.6 Å². The Morgan fingerprint density at radius 3 is 2.82 bits per heavy atom. The minimum Gasteiger partial charge on any atom is -0.497 e. The van der Waals surface area contributed by atoms with Gasteiger partial charge in [0.2, 0.25) is 6.41 Å². The number of benzene rings is 1. The zero-order valence-electron chi connectivity index (χ0n) is 9.65. The van der Waals surface area contributed by atoms with Gasteiger partial charge in [-0.2, -0.15) is 0 Å². The summed E-state index contributed by atoms with van der Waals surface area (Å²) in [6.45, 7) is 1.40. The van der Waals surface area contributed by atoms with E-state index in [0.29, 0.717) is 11.6 Å². The van der Waals surface area contributed by atoms with Crippen molar-refractivity contribution in [1.29, 1.82) is 0 Å². The summed E-state index contributed by atoms with van der Waals surface area (Å²) in [4.78, 5) is 12.3. The molecular formula is C13H14ClNO2. The maximum atomic E-state index is 10.6. The number of rotatable bonds is 3. The Hall–Kier alpha value is -1.48. The molecule has 17 heavy (non-hydrogen) atoms. The topological polar surface area (TPSA) is 29.5 Å². The van der Waals surface area contributed by atoms with E-state index in [0.717, 1.165) is 30.7 Å². The second kappa shape index (κ2) is 5.23. The third-order valence-corrected chi connectivity index (χ3v) is 3.22. The predicted molar refractivity (Wildman–Crippen MR) is 68.2 cm³/mol. The smallest absolute Gasteiger partial charge is 0.209 e. The number of halogens is 1. The molecular weight excluding hydrogens is 238 g/mol. The minimum atomic E-state index is 0.654. The highest BCUT2D eigenvalue weighted by molar-refractivity contribution is 6.32. The van der Waals surface area contributed by atoms with Crippen LogP contribution in [0.3, 0.4) is 0 Å². The van der Waals surface area contributed by atoms with Gasteiger partial charge in [-0.3, -0.25) is 4.79 Å². The lowest BCUT2D eigenvalue weighted by molar-refractivity contribution is -0.117. The van der Waals surface area contributed by atoms with E-state index < -0.39 is 0 Å². The molecule has 90 valence electrons. The lowest BCUT2D eigenvalue weighted by Crippen LogP contribution is -2.26. The molecule has 0 fully saturated rings. The molecule has 1 amide bonds. The highest BCUT2D eigenvalue weighted by Gasteiger charge is 2.13. The molecule has 0 N–H and O–H groups in total. The lowest BCUT2D eigenvalue weighted by Gasteiger charge is -2.23. The van der Waals surface area contributed by atoms with Crippen molar-refractivity contribution in [2.75, 3.05) is 20.2 Å². The van der Waals surface area contributed by atoms with Gasteiger partial charge in [-0.25, -0.2) is 0 Å². The van der Waals surface area contributed by atoms with Gasteiger partial charge in [0.05, 0.1) is 12.1 Å². The van der Waals surface area contributed by atoms with E-state index >= 15 is 0 Å². The maximum absolute atomic E-state index is 10.6. The number of carbonyl (C=O) groups excluding carboxylic acids is 1. The molecule has 0 radical (unpaired) electrons. The molecule has 1 aliphatic rings. The van der Waals surface area contributed by atoms with Crippen molar-refractivity contribution in [2.45, 2.75) is 6.42 Å². The number of nitrogens with zero attached hydrogens (tertiary/aromatic N) is 1. The summed E-state index contributed by atoms with van der Waals surface area (Å²) in [5, 5.41) is 0.690. The monoisotopic (exact) mass is 251 g/mol. The highest BCUT2D eigenvalue weighted by atomic mass is 35.5. The molecule has 2 rings (SSSR count). The Balaban J connectivity index is 2.23. The Morgan fingerprint density at radius 2 is 2.29 bits per heavy atom. The van der Waals surface area contributed by atoms with E-state index in [-0.39, 0.29) is 0 Å². The van der Waals surface area contributed by atoms with Crippen LogP contribution in [-0.2, 0) is 4.79 Å². The zero-order valence-corrected chi connectivity index (χ0v) is 10.4. The predicted octanol–water partition coefficient (Wildman–Crippen LogP) is 2.59. The Morgan fingerprint density at radius 1 is 1.47 bits per heavy atom. The van der Waals surface area contributed by atoms with Crippen LogP contribution in [-0.4, -0.2) is 31.5 Å². The molecule has 4 heteroatoms. The van der Waals surface area contributed by atoms with Crippen LogP contribution in [0.2, 0.25) is 5.02 Å². The summed E-state index contributed by atoms with van der Waals surface area (Å²) in [7, 11) is 1.62. The van der Waals surface area contributed by atoms with Gasteiger partial charge >= 0.3 is 0 Å². The Bertz CT molecular complexity index is 457. The molecule has 0 aliphatic carbocycles. The van der Waals surface area contributed by atoms with Crippen LogP contribution in [0.25, 0.3) is 5.57 Å². The van der Waals surface area contributed by atoms with Gasteiger partial charge in [0.15, 0.2) is 0 Å². The number of carbonyl (C=O) groups is 1. The summed E-state index contributed by atoms with van der Waals surface area (Å²) in [6, 6.07) is 5.67. The van der Waals surface area contributed by atoms with Gasteiger partial charge < -0.3 is 9.64 Å². The van der Waals surface area contributed by atoms with Crippen molar-refractivity contribution in [3.63, 3.8) is 0 Å². The second-order valence-corrected chi connectivity index (χ2v) is 4.33. The fraction of sp³-hybridized carbons (Fsp3) is 0.308. The molecule has 0 unspecified atom stereocenters. The fourth-order valence-electron chi connectivity index (χ4n) is 1.91. The quantitative estimate of drug-likeness (QED) is 0.773. The first-order valence-electron chi connectivity index (χ1n) is 5.47. The van der Waals surface area contributed by atoms with Gasteiger partial charge in [0.1, 0.15) is 5.75 Å². The number of hydrogen-bond acceptors (Lipinski definition) is 2. The molecule has 1 aromatic carbocycles. The molecule has 1 heterocycles. The molecule has 0 saturated carbocycles. The van der Waals surface area contributed by atoms with Gasteiger partial charge in [-0.05, 0) is 35.8 Å². The van der Waals surface area contributed by atoms with Crippen LogP contribution in [0, 0.1) is 0 Å². The van der Waals surface area contributed by atoms with Crippen molar-refractivity contribution in [3.8, 4) is 5.75 Å². The van der Waals surface area contributed by atoms with Crippen LogP contribution in [0.15, 0.2) is 24.3 Å². The molecule has 1 aromatic rings. The van der Waals surface area contributed by atoms with Gasteiger partial charge in [-0.15, -0.1) is 0 Å². The molecule has 3 nitrogen and oxygen atoms in total. The van der Waals surface area contributed by atoms with E-state index in [4.69, 9.17) is 16.3 Å². The summed E-state index contributed by atoms with van der Waals surface area (Å²) in [6.07, 6.45) is 3.76. The summed E-state index contributed by atoms with van der Waals surface area (Å²) in [5.74, 6) is 0.754. The first-order chi connectivity index (χ1) is 8.24. The molecule has 0 saturated heterocycles. The van der Waals surface area contributed by atoms with E-state index in [9.17, 15) is 4.79 Å². The first kappa shape index (κ1) is 12.0. The normalized spacial score (nSPS) is 15.4.